The van der Waals surface area contributed by atoms with Gasteiger partial charge >= 0.3 is 0 Å². The average molecular weight is 587 g/mol. The molecule has 1 aromatic carbocycles. The molecule has 4 heterocycles. The van der Waals surface area contributed by atoms with Crippen molar-refractivity contribution in [2.75, 3.05) is 19.1 Å². The molecule has 1 fully saturated rings. The average Bonchev–Trinajstić information content (AvgIpc) is 3.26. The largest absolute Gasteiger partial charge is 0.486 e. The minimum Gasteiger partial charge on any atom is -0.486 e. The van der Waals surface area contributed by atoms with Gasteiger partial charge in [0.15, 0.2) is 12.0 Å². The highest BCUT2D eigenvalue weighted by Gasteiger charge is 2.22. The molecule has 0 amide bonds. The van der Waals surface area contributed by atoms with Gasteiger partial charge in [-0.05, 0) is 68.2 Å². The molecule has 1 saturated heterocycles. The molecule has 0 bridgehead atoms. The van der Waals surface area contributed by atoms with E-state index in [0.717, 1.165) is 41.4 Å². The van der Waals surface area contributed by atoms with E-state index in [1.165, 1.54) is 0 Å². The third-order valence-electron chi connectivity index (χ3n) is 6.26. The standard InChI is InChI=1S/C28H29Cl2N5O3S/c1-18(28-22(29)16-31-17-23(28)30)38-20-9-11-25-21(14-20)24(33-35(25)27-6-4-5-13-37-27)10-7-19-8-12-26(32-15-19)34-39(2,3)36/h7-12,14-18,27H,4-6,13H2,1-3H3/b10-7+/t18-,27?/m1/s1. The maximum absolute atomic E-state index is 11.9. The molecule has 0 radical (unpaired) electrons. The van der Waals surface area contributed by atoms with Crippen LogP contribution in [0.4, 0.5) is 5.82 Å². The molecule has 204 valence electrons. The van der Waals surface area contributed by atoms with Crippen LogP contribution in [0.5, 0.6) is 5.75 Å². The Morgan fingerprint density at radius 3 is 2.59 bits per heavy atom. The van der Waals surface area contributed by atoms with Gasteiger partial charge in [-0.3, -0.25) is 4.98 Å². The molecular formula is C28H29Cl2N5O3S. The maximum Gasteiger partial charge on any atom is 0.161 e. The second kappa shape index (κ2) is 11.6. The van der Waals surface area contributed by atoms with E-state index in [9.17, 15) is 4.21 Å². The number of nitrogens with zero attached hydrogens (tertiary/aromatic N) is 5. The quantitative estimate of drug-likeness (QED) is 0.223. The SMILES string of the molecule is C[C@@H](Oc1ccc2c(c1)c(/C=C/c1ccc(N=S(C)(C)=O)nc1)nn2C1CCCCO1)c1c(Cl)cncc1Cl. The number of hydrogen-bond acceptors (Lipinski definition) is 7. The minimum absolute atomic E-state index is 0.121. The van der Waals surface area contributed by atoms with Gasteiger partial charge in [-0.1, -0.05) is 29.3 Å². The Labute approximate surface area is 238 Å². The monoisotopic (exact) mass is 585 g/mol. The van der Waals surface area contributed by atoms with Crippen LogP contribution in [0.15, 0.2) is 53.3 Å². The molecule has 2 atom stereocenters. The summed E-state index contributed by atoms with van der Waals surface area (Å²) in [6.45, 7) is 2.62. The lowest BCUT2D eigenvalue weighted by Gasteiger charge is -2.23. The fourth-order valence-electron chi connectivity index (χ4n) is 4.50. The van der Waals surface area contributed by atoms with Gasteiger partial charge in [0.05, 0.1) is 21.3 Å². The van der Waals surface area contributed by atoms with E-state index in [0.29, 0.717) is 33.8 Å². The molecule has 8 nitrogen and oxygen atoms in total. The molecule has 1 unspecified atom stereocenters. The van der Waals surface area contributed by atoms with Crippen LogP contribution in [0, 0.1) is 0 Å². The van der Waals surface area contributed by atoms with Gasteiger partial charge in [0.1, 0.15) is 11.9 Å². The first-order chi connectivity index (χ1) is 18.7. The molecule has 5 rings (SSSR count). The summed E-state index contributed by atoms with van der Waals surface area (Å²) in [6, 6.07) is 9.53. The number of aromatic nitrogens is 4. The van der Waals surface area contributed by atoms with Gasteiger partial charge in [0, 0.05) is 58.4 Å². The fourth-order valence-corrected chi connectivity index (χ4v) is 5.73. The summed E-state index contributed by atoms with van der Waals surface area (Å²) in [4.78, 5) is 8.35. The topological polar surface area (TPSA) is 91.5 Å². The Morgan fingerprint density at radius 2 is 1.92 bits per heavy atom. The summed E-state index contributed by atoms with van der Waals surface area (Å²) in [5.74, 6) is 1.10. The van der Waals surface area contributed by atoms with Crippen molar-refractivity contribution in [3.05, 3.63) is 75.8 Å². The number of benzene rings is 1. The molecule has 11 heteroatoms. The molecule has 1 aliphatic rings. The second-order valence-corrected chi connectivity index (χ2v) is 13.0. The van der Waals surface area contributed by atoms with Crippen molar-refractivity contribution in [2.45, 2.75) is 38.5 Å². The molecule has 4 aromatic rings. The fraction of sp³-hybridized carbons (Fsp3) is 0.321. The Hall–Kier alpha value is -2.98. The molecule has 1 aliphatic heterocycles. The number of fused-ring (bicyclic) bond motifs is 1. The Kier molecular flexibility index (Phi) is 8.23. The van der Waals surface area contributed by atoms with Crippen molar-refractivity contribution in [2.24, 2.45) is 4.36 Å². The Balaban J connectivity index is 1.49. The molecular weight excluding hydrogens is 557 g/mol. The lowest BCUT2D eigenvalue weighted by molar-refractivity contribution is -0.0367. The van der Waals surface area contributed by atoms with Crippen molar-refractivity contribution < 1.29 is 13.7 Å². The van der Waals surface area contributed by atoms with Crippen molar-refractivity contribution >= 4 is 61.8 Å². The Morgan fingerprint density at radius 1 is 1.13 bits per heavy atom. The summed E-state index contributed by atoms with van der Waals surface area (Å²) in [5, 5.41) is 6.75. The number of pyridine rings is 2. The van der Waals surface area contributed by atoms with E-state index >= 15 is 0 Å². The van der Waals surface area contributed by atoms with Crippen molar-refractivity contribution in [1.82, 2.24) is 19.7 Å². The summed E-state index contributed by atoms with van der Waals surface area (Å²) in [5.41, 5.74) is 3.28. The van der Waals surface area contributed by atoms with E-state index < -0.39 is 15.8 Å². The summed E-state index contributed by atoms with van der Waals surface area (Å²) >= 11 is 12.7. The molecule has 0 N–H and O–H groups in total. The normalized spacial score (nSPS) is 17.0. The molecule has 39 heavy (non-hydrogen) atoms. The van der Waals surface area contributed by atoms with Crippen LogP contribution in [0.2, 0.25) is 10.0 Å². The predicted molar refractivity (Wildman–Crippen MR) is 157 cm³/mol. The zero-order valence-corrected chi connectivity index (χ0v) is 24.2. The molecule has 3 aromatic heterocycles. The smallest absolute Gasteiger partial charge is 0.161 e. The summed E-state index contributed by atoms with van der Waals surface area (Å²) in [7, 11) is -2.27. The highest BCUT2D eigenvalue weighted by Crippen LogP contribution is 2.35. The maximum atomic E-state index is 11.9. The Bertz CT molecular complexity index is 1610. The molecule has 0 aliphatic carbocycles. The van der Waals surface area contributed by atoms with Gasteiger partial charge in [-0.25, -0.2) is 13.9 Å². The highest BCUT2D eigenvalue weighted by molar-refractivity contribution is 7.92. The van der Waals surface area contributed by atoms with E-state index in [1.807, 2.05) is 48.0 Å². The summed E-state index contributed by atoms with van der Waals surface area (Å²) in [6.07, 6.45) is 14.4. The van der Waals surface area contributed by atoms with Crippen LogP contribution < -0.4 is 4.74 Å². The van der Waals surface area contributed by atoms with Gasteiger partial charge in [0.25, 0.3) is 0 Å². The van der Waals surface area contributed by atoms with E-state index in [-0.39, 0.29) is 6.23 Å². The number of ether oxygens (including phenoxy) is 2. The van der Waals surface area contributed by atoms with Crippen LogP contribution in [0.1, 0.15) is 55.3 Å². The van der Waals surface area contributed by atoms with Crippen LogP contribution in [0.3, 0.4) is 0 Å². The lowest BCUT2D eigenvalue weighted by atomic mass is 10.1. The first-order valence-corrected chi connectivity index (χ1v) is 15.7. The van der Waals surface area contributed by atoms with Crippen molar-refractivity contribution in [3.63, 3.8) is 0 Å². The number of hydrogen-bond donors (Lipinski definition) is 0. The third kappa shape index (κ3) is 6.61. The van der Waals surface area contributed by atoms with Crippen molar-refractivity contribution in [3.8, 4) is 5.75 Å². The van der Waals surface area contributed by atoms with Crippen molar-refractivity contribution in [1.29, 1.82) is 0 Å². The zero-order chi connectivity index (χ0) is 27.6. The van der Waals surface area contributed by atoms with Gasteiger partial charge < -0.3 is 9.47 Å². The minimum atomic E-state index is -2.27. The van der Waals surface area contributed by atoms with Crippen LogP contribution in [0.25, 0.3) is 23.1 Å². The van der Waals surface area contributed by atoms with Gasteiger partial charge in [-0.15, -0.1) is 0 Å². The lowest BCUT2D eigenvalue weighted by Crippen LogP contribution is -2.19. The van der Waals surface area contributed by atoms with Gasteiger partial charge in [-0.2, -0.15) is 9.46 Å². The number of rotatable bonds is 7. The van der Waals surface area contributed by atoms with Crippen LogP contribution in [-0.2, 0) is 14.5 Å². The van der Waals surface area contributed by atoms with E-state index in [4.69, 9.17) is 37.8 Å². The second-order valence-electron chi connectivity index (χ2n) is 9.66. The van der Waals surface area contributed by atoms with Crippen LogP contribution >= 0.6 is 23.2 Å². The number of halogens is 2. The third-order valence-corrected chi connectivity index (χ3v) is 7.49. The zero-order valence-electron chi connectivity index (χ0n) is 21.9. The highest BCUT2D eigenvalue weighted by atomic mass is 35.5. The van der Waals surface area contributed by atoms with E-state index in [2.05, 4.69) is 14.3 Å². The molecule has 0 spiro atoms. The first kappa shape index (κ1) is 27.6. The first-order valence-electron chi connectivity index (χ1n) is 12.6. The van der Waals surface area contributed by atoms with Crippen LogP contribution in [-0.4, -0.2) is 43.1 Å². The van der Waals surface area contributed by atoms with Gasteiger partial charge in [0.2, 0.25) is 0 Å². The molecule has 0 saturated carbocycles. The van der Waals surface area contributed by atoms with E-state index in [1.54, 1.807) is 37.2 Å². The summed E-state index contributed by atoms with van der Waals surface area (Å²) < 4.78 is 30.4. The predicted octanol–water partition coefficient (Wildman–Crippen LogP) is 7.50.